The monoisotopic (exact) mass is 347 g/mol. The van der Waals surface area contributed by atoms with Gasteiger partial charge in [-0.1, -0.05) is 0 Å². The van der Waals surface area contributed by atoms with Crippen LogP contribution in [-0.4, -0.2) is 69.2 Å². The van der Waals surface area contributed by atoms with Gasteiger partial charge in [-0.3, -0.25) is 14.3 Å². The summed E-state index contributed by atoms with van der Waals surface area (Å²) < 4.78 is 1.77. The molecule has 1 N–H and O–H groups in total. The fourth-order valence-electron chi connectivity index (χ4n) is 4.47. The molecule has 0 aliphatic carbocycles. The van der Waals surface area contributed by atoms with Gasteiger partial charge in [-0.15, -0.1) is 0 Å². The van der Waals surface area contributed by atoms with Gasteiger partial charge in [0.15, 0.2) is 0 Å². The maximum atomic E-state index is 13.2. The highest BCUT2D eigenvalue weighted by Gasteiger charge is 2.44. The van der Waals surface area contributed by atoms with Gasteiger partial charge in [0, 0.05) is 44.8 Å². The lowest BCUT2D eigenvalue weighted by molar-refractivity contribution is -0.157. The number of aryl methyl sites for hydroxylation is 1. The summed E-state index contributed by atoms with van der Waals surface area (Å²) in [4.78, 5) is 29.5. The van der Waals surface area contributed by atoms with E-state index >= 15 is 0 Å². The van der Waals surface area contributed by atoms with Gasteiger partial charge in [0.05, 0.1) is 24.2 Å². The van der Waals surface area contributed by atoms with Crippen LogP contribution in [0.3, 0.4) is 0 Å². The number of amides is 2. The zero-order chi connectivity index (χ0) is 18.4. The van der Waals surface area contributed by atoms with E-state index in [1.54, 1.807) is 9.58 Å². The van der Waals surface area contributed by atoms with Gasteiger partial charge in [0.1, 0.15) is 0 Å². The molecular formula is C18H29N5O2. The molecule has 138 valence electrons. The summed E-state index contributed by atoms with van der Waals surface area (Å²) >= 11 is 0. The number of aromatic nitrogens is 2. The molecule has 7 heteroatoms. The lowest BCUT2D eigenvalue weighted by atomic mass is 9.88. The van der Waals surface area contributed by atoms with Crippen molar-refractivity contribution in [2.75, 3.05) is 26.2 Å². The summed E-state index contributed by atoms with van der Waals surface area (Å²) in [5.74, 6) is 0.0770. The first-order valence-corrected chi connectivity index (χ1v) is 9.01. The van der Waals surface area contributed by atoms with Crippen molar-refractivity contribution in [3.8, 4) is 0 Å². The lowest BCUT2D eigenvalue weighted by Gasteiger charge is -2.49. The van der Waals surface area contributed by atoms with E-state index in [9.17, 15) is 9.59 Å². The fourth-order valence-corrected chi connectivity index (χ4v) is 4.47. The Kier molecular flexibility index (Phi) is 4.62. The summed E-state index contributed by atoms with van der Waals surface area (Å²) in [5.41, 5.74) is 0.729. The maximum absolute atomic E-state index is 13.2. The van der Waals surface area contributed by atoms with Crippen LogP contribution in [0, 0.1) is 5.92 Å². The Bertz CT molecular complexity index is 666. The second-order valence-corrected chi connectivity index (χ2v) is 8.18. The van der Waals surface area contributed by atoms with Crippen molar-refractivity contribution in [3.05, 3.63) is 18.0 Å². The third-order valence-corrected chi connectivity index (χ3v) is 5.34. The van der Waals surface area contributed by atoms with Crippen LogP contribution in [0.5, 0.6) is 0 Å². The minimum absolute atomic E-state index is 0.0310. The number of hydrogen-bond acceptors (Lipinski definition) is 4. The molecule has 2 saturated heterocycles. The number of piperazine rings is 1. The molecular weight excluding hydrogens is 318 g/mol. The normalized spacial score (nSPS) is 26.6. The van der Waals surface area contributed by atoms with E-state index in [1.165, 1.54) is 0 Å². The summed E-state index contributed by atoms with van der Waals surface area (Å²) in [7, 11) is 1.88. The van der Waals surface area contributed by atoms with Crippen molar-refractivity contribution >= 4 is 11.8 Å². The molecule has 0 unspecified atom stereocenters. The zero-order valence-corrected chi connectivity index (χ0v) is 15.8. The predicted molar refractivity (Wildman–Crippen MR) is 94.9 cm³/mol. The van der Waals surface area contributed by atoms with Gasteiger partial charge in [-0.05, 0) is 33.3 Å². The Morgan fingerprint density at radius 1 is 1.36 bits per heavy atom. The van der Waals surface area contributed by atoms with E-state index in [2.05, 4.69) is 10.4 Å². The molecule has 3 heterocycles. The second-order valence-electron chi connectivity index (χ2n) is 8.18. The Morgan fingerprint density at radius 3 is 2.64 bits per heavy atom. The first-order valence-electron chi connectivity index (χ1n) is 9.01. The number of nitrogens with one attached hydrogen (secondary N) is 1. The average Bonchev–Trinajstić information content (AvgIpc) is 3.12. The Labute approximate surface area is 149 Å². The van der Waals surface area contributed by atoms with Crippen molar-refractivity contribution in [2.24, 2.45) is 13.0 Å². The summed E-state index contributed by atoms with van der Waals surface area (Å²) in [6.45, 7) is 10.3. The summed E-state index contributed by atoms with van der Waals surface area (Å²) in [5, 5.41) is 7.56. The average molecular weight is 347 g/mol. The summed E-state index contributed by atoms with van der Waals surface area (Å²) in [6.07, 6.45) is 3.81. The fraction of sp³-hybridized carbons (Fsp3) is 0.722. The molecule has 0 saturated carbocycles. The minimum atomic E-state index is -0.352. The van der Waals surface area contributed by atoms with Crippen molar-refractivity contribution in [1.29, 1.82) is 0 Å². The van der Waals surface area contributed by atoms with Crippen molar-refractivity contribution in [3.63, 3.8) is 0 Å². The number of rotatable bonds is 3. The molecule has 1 aromatic heterocycles. The van der Waals surface area contributed by atoms with E-state index in [1.807, 2.05) is 52.0 Å². The lowest BCUT2D eigenvalue weighted by Crippen LogP contribution is -2.65. The number of nitrogens with zero attached hydrogens (tertiary/aromatic N) is 4. The maximum Gasteiger partial charge on any atom is 0.242 e. The molecule has 2 aliphatic rings. The van der Waals surface area contributed by atoms with Gasteiger partial charge in [-0.25, -0.2) is 0 Å². The highest BCUT2D eigenvalue weighted by atomic mass is 16.2. The molecule has 0 bridgehead atoms. The van der Waals surface area contributed by atoms with Crippen molar-refractivity contribution in [1.82, 2.24) is 24.9 Å². The molecule has 7 nitrogen and oxygen atoms in total. The number of carbonyl (C=O) groups excluding carboxylic acids is 2. The molecule has 0 spiro atoms. The van der Waals surface area contributed by atoms with Crippen LogP contribution >= 0.6 is 0 Å². The smallest absolute Gasteiger partial charge is 0.242 e. The highest BCUT2D eigenvalue weighted by molar-refractivity contribution is 5.88. The molecule has 2 fully saturated rings. The SMILES string of the molecule is CC(C)N1C(=O)CN(C(=O)[C@H]2CNC[C@@H]2c2cnn(C)c2)CC1(C)C. The Hall–Kier alpha value is -1.89. The van der Waals surface area contributed by atoms with Gasteiger partial charge < -0.3 is 15.1 Å². The third-order valence-electron chi connectivity index (χ3n) is 5.34. The molecule has 1 aromatic rings. The van der Waals surface area contributed by atoms with Crippen LogP contribution in [-0.2, 0) is 16.6 Å². The van der Waals surface area contributed by atoms with E-state index in [0.29, 0.717) is 13.1 Å². The van der Waals surface area contributed by atoms with Crippen LogP contribution in [0.2, 0.25) is 0 Å². The van der Waals surface area contributed by atoms with E-state index in [0.717, 1.165) is 12.1 Å². The van der Waals surface area contributed by atoms with Crippen LogP contribution < -0.4 is 5.32 Å². The van der Waals surface area contributed by atoms with E-state index in [4.69, 9.17) is 0 Å². The topological polar surface area (TPSA) is 70.5 Å². The minimum Gasteiger partial charge on any atom is -0.332 e. The van der Waals surface area contributed by atoms with Crippen LogP contribution in [0.15, 0.2) is 12.4 Å². The van der Waals surface area contributed by atoms with Gasteiger partial charge in [-0.2, -0.15) is 5.10 Å². The predicted octanol–water partition coefficient (Wildman–Crippen LogP) is 0.581. The molecule has 2 atom stereocenters. The van der Waals surface area contributed by atoms with E-state index < -0.39 is 0 Å². The van der Waals surface area contributed by atoms with Crippen LogP contribution in [0.4, 0.5) is 0 Å². The molecule has 2 amide bonds. The summed E-state index contributed by atoms with van der Waals surface area (Å²) in [6, 6.07) is 0.135. The molecule has 0 radical (unpaired) electrons. The quantitative estimate of drug-likeness (QED) is 0.868. The molecule has 2 aliphatic heterocycles. The van der Waals surface area contributed by atoms with Crippen molar-refractivity contribution in [2.45, 2.75) is 45.2 Å². The highest BCUT2D eigenvalue weighted by Crippen LogP contribution is 2.32. The molecule has 0 aromatic carbocycles. The standard InChI is InChI=1S/C18H29N5O2/c1-12(2)23-16(24)10-22(11-18(23,3)4)17(25)15-8-19-7-14(15)13-6-20-21(5)9-13/h6,9,12,14-15,19H,7-8,10-11H2,1-5H3/t14-,15+/m1/s1. The zero-order valence-electron chi connectivity index (χ0n) is 15.8. The van der Waals surface area contributed by atoms with Crippen LogP contribution in [0.1, 0.15) is 39.2 Å². The van der Waals surface area contributed by atoms with Gasteiger partial charge in [0.2, 0.25) is 11.8 Å². The van der Waals surface area contributed by atoms with Crippen molar-refractivity contribution < 1.29 is 9.59 Å². The second kappa shape index (κ2) is 6.44. The van der Waals surface area contributed by atoms with E-state index in [-0.39, 0.29) is 41.8 Å². The third kappa shape index (κ3) is 3.29. The largest absolute Gasteiger partial charge is 0.332 e. The van der Waals surface area contributed by atoms with Crippen LogP contribution in [0.25, 0.3) is 0 Å². The number of hydrogen-bond donors (Lipinski definition) is 1. The number of carbonyl (C=O) groups is 2. The molecule has 3 rings (SSSR count). The molecule has 25 heavy (non-hydrogen) atoms. The van der Waals surface area contributed by atoms with Gasteiger partial charge in [0.25, 0.3) is 0 Å². The first-order chi connectivity index (χ1) is 11.7. The first kappa shape index (κ1) is 17.9. The Balaban J connectivity index is 1.78. The Morgan fingerprint density at radius 2 is 2.08 bits per heavy atom. The van der Waals surface area contributed by atoms with Gasteiger partial charge >= 0.3 is 0 Å².